The number of aromatic nitrogens is 2. The number of aryl methyl sites for hydroxylation is 1. The highest BCUT2D eigenvalue weighted by Crippen LogP contribution is 2.25. The average Bonchev–Trinajstić information content (AvgIpc) is 3.15. The summed E-state index contributed by atoms with van der Waals surface area (Å²) in [6.07, 6.45) is 0. The van der Waals surface area contributed by atoms with Gasteiger partial charge >= 0.3 is 5.97 Å². The number of hydrogen-bond donors (Lipinski definition) is 0. The van der Waals surface area contributed by atoms with Gasteiger partial charge in [0.1, 0.15) is 23.1 Å². The van der Waals surface area contributed by atoms with E-state index in [9.17, 15) is 4.79 Å². The molecule has 0 aliphatic heterocycles. The molecule has 0 unspecified atom stereocenters. The second-order valence-corrected chi connectivity index (χ2v) is 5.84. The third-order valence-corrected chi connectivity index (χ3v) is 3.98. The van der Waals surface area contributed by atoms with Gasteiger partial charge in [0.2, 0.25) is 0 Å². The van der Waals surface area contributed by atoms with Crippen LogP contribution in [-0.2, 0) is 11.3 Å². The molecule has 2 aromatic heterocycles. The summed E-state index contributed by atoms with van der Waals surface area (Å²) in [6.45, 7) is 1.83. The van der Waals surface area contributed by atoms with Crippen LogP contribution in [0.2, 0.25) is 5.02 Å². The van der Waals surface area contributed by atoms with Crippen molar-refractivity contribution in [3.63, 3.8) is 0 Å². The van der Waals surface area contributed by atoms with Gasteiger partial charge < -0.3 is 9.26 Å². The zero-order valence-electron chi connectivity index (χ0n) is 11.6. The maximum atomic E-state index is 12.0. The van der Waals surface area contributed by atoms with Gasteiger partial charge in [0.05, 0.1) is 0 Å². The molecule has 3 rings (SSSR count). The smallest absolute Gasteiger partial charge is 0.358 e. The molecular weight excluding hydrogens is 324 g/mol. The molecule has 7 heteroatoms. The van der Waals surface area contributed by atoms with E-state index in [0.29, 0.717) is 16.5 Å². The number of esters is 1. The van der Waals surface area contributed by atoms with Gasteiger partial charge in [-0.05, 0) is 19.1 Å². The maximum absolute atomic E-state index is 12.0. The highest BCUT2D eigenvalue weighted by atomic mass is 35.5. The summed E-state index contributed by atoms with van der Waals surface area (Å²) in [6, 6.07) is 8.99. The molecule has 0 spiro atoms. The van der Waals surface area contributed by atoms with Crippen molar-refractivity contribution in [3.8, 4) is 10.6 Å². The number of rotatable bonds is 4. The molecular formula is C15H11ClN2O3S. The lowest BCUT2D eigenvalue weighted by Crippen LogP contribution is -2.05. The Hall–Kier alpha value is -2.18. The van der Waals surface area contributed by atoms with E-state index in [2.05, 4.69) is 10.1 Å². The van der Waals surface area contributed by atoms with E-state index < -0.39 is 5.97 Å². The Labute approximate surface area is 135 Å². The van der Waals surface area contributed by atoms with Gasteiger partial charge in [-0.3, -0.25) is 0 Å². The van der Waals surface area contributed by atoms with Gasteiger partial charge in [-0.25, -0.2) is 9.78 Å². The minimum atomic E-state index is -0.489. The van der Waals surface area contributed by atoms with Crippen molar-refractivity contribution in [3.05, 3.63) is 57.9 Å². The van der Waals surface area contributed by atoms with Crippen molar-refractivity contribution in [1.29, 1.82) is 0 Å². The van der Waals surface area contributed by atoms with Gasteiger partial charge in [-0.1, -0.05) is 28.9 Å². The zero-order valence-corrected chi connectivity index (χ0v) is 13.1. The maximum Gasteiger partial charge on any atom is 0.358 e. The predicted molar refractivity (Wildman–Crippen MR) is 82.9 cm³/mol. The number of halogens is 1. The van der Waals surface area contributed by atoms with Gasteiger partial charge in [-0.2, -0.15) is 0 Å². The fraction of sp³-hybridized carbons (Fsp3) is 0.133. The topological polar surface area (TPSA) is 65.2 Å². The minimum Gasteiger partial charge on any atom is -0.454 e. The normalized spacial score (nSPS) is 10.6. The number of thiazole rings is 1. The molecule has 0 N–H and O–H groups in total. The fourth-order valence-electron chi connectivity index (χ4n) is 1.79. The molecule has 0 atom stereocenters. The van der Waals surface area contributed by atoms with Crippen LogP contribution >= 0.6 is 22.9 Å². The molecule has 1 aromatic carbocycles. The molecule has 0 bridgehead atoms. The molecule has 0 saturated heterocycles. The fourth-order valence-corrected chi connectivity index (χ4v) is 2.71. The Kier molecular flexibility index (Phi) is 4.22. The van der Waals surface area contributed by atoms with Crippen molar-refractivity contribution >= 4 is 28.9 Å². The zero-order chi connectivity index (χ0) is 15.5. The Morgan fingerprint density at radius 3 is 2.82 bits per heavy atom. The summed E-state index contributed by atoms with van der Waals surface area (Å²) < 4.78 is 10.1. The standard InChI is InChI=1S/C15H11ClN2O3S/c1-9-6-12(18-21-9)7-20-15(19)13-8-22-14(17-13)10-2-4-11(16)5-3-10/h2-6,8H,7H2,1H3. The first-order valence-electron chi connectivity index (χ1n) is 6.42. The van der Waals surface area contributed by atoms with Crippen molar-refractivity contribution in [2.24, 2.45) is 0 Å². The van der Waals surface area contributed by atoms with Gasteiger partial charge in [0, 0.05) is 22.0 Å². The molecule has 2 heterocycles. The molecule has 22 heavy (non-hydrogen) atoms. The first kappa shape index (κ1) is 14.7. The van der Waals surface area contributed by atoms with Gasteiger partial charge in [0.25, 0.3) is 0 Å². The minimum absolute atomic E-state index is 0.0595. The largest absolute Gasteiger partial charge is 0.454 e. The number of ether oxygens (including phenoxy) is 1. The van der Waals surface area contributed by atoms with Crippen LogP contribution in [0.25, 0.3) is 10.6 Å². The summed E-state index contributed by atoms with van der Waals surface area (Å²) >= 11 is 7.22. The molecule has 3 aromatic rings. The van der Waals surface area contributed by atoms with E-state index in [4.69, 9.17) is 20.9 Å². The van der Waals surface area contributed by atoms with Gasteiger partial charge in [-0.15, -0.1) is 11.3 Å². The van der Waals surface area contributed by atoms with Crippen molar-refractivity contribution in [2.45, 2.75) is 13.5 Å². The lowest BCUT2D eigenvalue weighted by molar-refractivity contribution is 0.0458. The molecule has 0 aliphatic carbocycles. The number of nitrogens with zero attached hydrogens (tertiary/aromatic N) is 2. The molecule has 0 aliphatic rings. The highest BCUT2D eigenvalue weighted by Gasteiger charge is 2.14. The number of benzene rings is 1. The van der Waals surface area contributed by atoms with E-state index in [0.717, 1.165) is 10.6 Å². The SMILES string of the molecule is Cc1cc(COC(=O)c2csc(-c3ccc(Cl)cc3)n2)no1. The van der Waals surface area contributed by atoms with Crippen molar-refractivity contribution in [1.82, 2.24) is 10.1 Å². The summed E-state index contributed by atoms with van der Waals surface area (Å²) in [5.74, 6) is 0.182. The number of carbonyl (C=O) groups excluding carboxylic acids is 1. The molecule has 112 valence electrons. The van der Waals surface area contributed by atoms with Crippen LogP contribution < -0.4 is 0 Å². The van der Waals surface area contributed by atoms with Gasteiger partial charge in [0.15, 0.2) is 5.69 Å². The third-order valence-electron chi connectivity index (χ3n) is 2.83. The van der Waals surface area contributed by atoms with Crippen LogP contribution in [0.1, 0.15) is 21.9 Å². The second-order valence-electron chi connectivity index (χ2n) is 4.55. The Morgan fingerprint density at radius 2 is 2.14 bits per heavy atom. The summed E-state index contributed by atoms with van der Waals surface area (Å²) in [5, 5.41) is 6.82. The molecule has 0 fully saturated rings. The van der Waals surface area contributed by atoms with E-state index in [-0.39, 0.29) is 12.3 Å². The van der Waals surface area contributed by atoms with Crippen LogP contribution in [0.3, 0.4) is 0 Å². The van der Waals surface area contributed by atoms with E-state index in [1.807, 2.05) is 12.1 Å². The first-order chi connectivity index (χ1) is 10.6. The lowest BCUT2D eigenvalue weighted by Gasteiger charge is -1.99. The highest BCUT2D eigenvalue weighted by molar-refractivity contribution is 7.13. The quantitative estimate of drug-likeness (QED) is 0.671. The number of carbonyl (C=O) groups is 1. The Balaban J connectivity index is 1.67. The first-order valence-corrected chi connectivity index (χ1v) is 7.68. The molecule has 5 nitrogen and oxygen atoms in total. The van der Waals surface area contributed by atoms with Crippen molar-refractivity contribution in [2.75, 3.05) is 0 Å². The Bertz CT molecular complexity index is 795. The molecule has 0 amide bonds. The molecule has 0 radical (unpaired) electrons. The molecule has 0 saturated carbocycles. The summed E-state index contributed by atoms with van der Waals surface area (Å²) in [5.41, 5.74) is 1.75. The predicted octanol–water partition coefficient (Wildman–Crippen LogP) is 4.12. The van der Waals surface area contributed by atoms with Crippen LogP contribution in [0.15, 0.2) is 40.2 Å². The lowest BCUT2D eigenvalue weighted by atomic mass is 10.2. The van der Waals surface area contributed by atoms with Crippen LogP contribution in [-0.4, -0.2) is 16.1 Å². The third kappa shape index (κ3) is 3.35. The van der Waals surface area contributed by atoms with E-state index >= 15 is 0 Å². The van der Waals surface area contributed by atoms with E-state index in [1.165, 1.54) is 11.3 Å². The Morgan fingerprint density at radius 1 is 1.36 bits per heavy atom. The van der Waals surface area contributed by atoms with Crippen molar-refractivity contribution < 1.29 is 14.1 Å². The summed E-state index contributed by atoms with van der Waals surface area (Å²) in [4.78, 5) is 16.3. The van der Waals surface area contributed by atoms with Crippen LogP contribution in [0.5, 0.6) is 0 Å². The summed E-state index contributed by atoms with van der Waals surface area (Å²) in [7, 11) is 0. The second kappa shape index (κ2) is 6.29. The monoisotopic (exact) mass is 334 g/mol. The number of hydrogen-bond acceptors (Lipinski definition) is 6. The van der Waals surface area contributed by atoms with Crippen LogP contribution in [0, 0.1) is 6.92 Å². The van der Waals surface area contributed by atoms with Crippen LogP contribution in [0.4, 0.5) is 0 Å². The van der Waals surface area contributed by atoms with E-state index in [1.54, 1.807) is 30.5 Å². The average molecular weight is 335 g/mol.